The quantitative estimate of drug-likeness (QED) is 0.269. The molecule has 6 rings (SSSR count). The second kappa shape index (κ2) is 13.3. The molecule has 2 fully saturated rings. The summed E-state index contributed by atoms with van der Waals surface area (Å²) in [5.74, 6) is 1.61. The molecule has 3 heterocycles. The van der Waals surface area contributed by atoms with Crippen molar-refractivity contribution in [2.45, 2.75) is 71.3 Å². The van der Waals surface area contributed by atoms with E-state index in [4.69, 9.17) is 9.47 Å². The van der Waals surface area contributed by atoms with Crippen molar-refractivity contribution in [2.24, 2.45) is 11.8 Å². The first kappa shape index (κ1) is 30.0. The lowest BCUT2D eigenvalue weighted by Crippen LogP contribution is -2.42. The lowest BCUT2D eigenvalue weighted by molar-refractivity contribution is 0.0697. The van der Waals surface area contributed by atoms with Crippen LogP contribution in [0.3, 0.4) is 0 Å². The zero-order valence-electron chi connectivity index (χ0n) is 26.3. The Labute approximate surface area is 256 Å². The molecule has 0 spiro atoms. The van der Waals surface area contributed by atoms with Crippen LogP contribution in [0.5, 0.6) is 5.75 Å². The van der Waals surface area contributed by atoms with Gasteiger partial charge in [0.15, 0.2) is 0 Å². The van der Waals surface area contributed by atoms with Crippen LogP contribution in [-0.4, -0.2) is 73.6 Å². The first-order valence-corrected chi connectivity index (χ1v) is 16.6. The predicted octanol–water partition coefficient (Wildman–Crippen LogP) is 7.27. The van der Waals surface area contributed by atoms with Gasteiger partial charge in [0.1, 0.15) is 5.75 Å². The number of methoxy groups -OCH3 is 1. The number of hydrogen-bond acceptors (Lipinski definition) is 5. The number of aromatic carboxylic acids is 1. The summed E-state index contributed by atoms with van der Waals surface area (Å²) in [5, 5.41) is 11.1. The van der Waals surface area contributed by atoms with Gasteiger partial charge in [-0.25, -0.2) is 4.79 Å². The monoisotopic (exact) mass is 587 g/mol. The highest BCUT2D eigenvalue weighted by Crippen LogP contribution is 2.48. The maximum atomic E-state index is 12.0. The summed E-state index contributed by atoms with van der Waals surface area (Å²) in [6.07, 6.45) is 8.67. The Morgan fingerprint density at radius 2 is 1.81 bits per heavy atom. The fourth-order valence-electron chi connectivity index (χ4n) is 7.72. The summed E-state index contributed by atoms with van der Waals surface area (Å²) in [4.78, 5) is 17.2. The second-order valence-electron chi connectivity index (χ2n) is 13.4. The van der Waals surface area contributed by atoms with E-state index in [1.165, 1.54) is 72.8 Å². The highest BCUT2D eigenvalue weighted by atomic mass is 16.5. The smallest absolute Gasteiger partial charge is 0.335 e. The van der Waals surface area contributed by atoms with Crippen LogP contribution in [0.25, 0.3) is 22.2 Å². The number of nitrogens with zero attached hydrogens (tertiary/aromatic N) is 3. The lowest BCUT2D eigenvalue weighted by Gasteiger charge is -2.34. The molecule has 1 saturated carbocycles. The van der Waals surface area contributed by atoms with Crippen molar-refractivity contribution in [3.8, 4) is 17.0 Å². The van der Waals surface area contributed by atoms with Crippen LogP contribution in [0, 0.1) is 11.8 Å². The molecule has 3 aliphatic rings. The number of benzene rings is 2. The minimum absolute atomic E-state index is 0.359. The average Bonchev–Trinajstić information content (AvgIpc) is 3.25. The third-order valence-corrected chi connectivity index (χ3v) is 9.80. The van der Waals surface area contributed by atoms with Crippen molar-refractivity contribution < 1.29 is 19.4 Å². The molecule has 232 valence electrons. The fourth-order valence-corrected chi connectivity index (χ4v) is 7.72. The largest absolute Gasteiger partial charge is 0.493 e. The molecule has 1 N–H and O–H groups in total. The molecule has 43 heavy (non-hydrogen) atoms. The molecular formula is C36H49N3O4. The van der Waals surface area contributed by atoms with Crippen LogP contribution in [0.1, 0.15) is 80.6 Å². The van der Waals surface area contributed by atoms with Crippen LogP contribution in [-0.2, 0) is 11.3 Å². The molecule has 3 aromatic rings. The Bertz CT molecular complexity index is 1420. The van der Waals surface area contributed by atoms with Crippen LogP contribution < -0.4 is 9.64 Å². The Kier molecular flexibility index (Phi) is 9.29. The normalized spacial score (nSPS) is 19.8. The van der Waals surface area contributed by atoms with Crippen molar-refractivity contribution in [2.75, 3.05) is 57.9 Å². The second-order valence-corrected chi connectivity index (χ2v) is 13.4. The first-order chi connectivity index (χ1) is 20.9. The number of carbonyl (C=O) groups is 1. The van der Waals surface area contributed by atoms with E-state index in [2.05, 4.69) is 52.5 Å². The fraction of sp³-hybridized carbons (Fsp3) is 0.583. The number of hydrogen-bond donors (Lipinski definition) is 1. The third-order valence-electron chi connectivity index (χ3n) is 9.80. The van der Waals surface area contributed by atoms with Crippen molar-refractivity contribution in [1.82, 2.24) is 9.47 Å². The maximum absolute atomic E-state index is 12.0. The molecule has 0 amide bonds. The standard InChI is InChI=1S/C36H49N3O4/c1-25(2)23-43-29-12-14-31-32(21-29)38(17-16-37-15-7-8-26(22-37)24-42-3)18-19-39-33-20-28(36(40)41)11-13-30(33)34(35(31)39)27-9-5-4-6-10-27/h11-14,20-21,25-27H,4-10,15-19,22-24H2,1-3H3,(H,40,41). The summed E-state index contributed by atoms with van der Waals surface area (Å²) in [6.45, 7) is 11.8. The molecule has 1 saturated heterocycles. The first-order valence-electron chi connectivity index (χ1n) is 16.6. The molecule has 1 aliphatic carbocycles. The molecule has 7 heteroatoms. The number of rotatable bonds is 10. The Hall–Kier alpha value is -3.03. The van der Waals surface area contributed by atoms with Gasteiger partial charge in [0, 0.05) is 68.1 Å². The van der Waals surface area contributed by atoms with Gasteiger partial charge >= 0.3 is 5.97 Å². The number of piperidine rings is 1. The van der Waals surface area contributed by atoms with E-state index in [1.807, 2.05) is 13.2 Å². The topological polar surface area (TPSA) is 67.2 Å². The van der Waals surface area contributed by atoms with Gasteiger partial charge < -0.3 is 28.9 Å². The van der Waals surface area contributed by atoms with Gasteiger partial charge in [0.05, 0.1) is 24.5 Å². The van der Waals surface area contributed by atoms with Crippen molar-refractivity contribution in [1.29, 1.82) is 0 Å². The van der Waals surface area contributed by atoms with Crippen molar-refractivity contribution in [3.63, 3.8) is 0 Å². The van der Waals surface area contributed by atoms with E-state index in [-0.39, 0.29) is 0 Å². The zero-order valence-corrected chi connectivity index (χ0v) is 26.3. The lowest BCUT2D eigenvalue weighted by atomic mass is 9.81. The Morgan fingerprint density at radius 3 is 2.58 bits per heavy atom. The highest BCUT2D eigenvalue weighted by Gasteiger charge is 2.31. The summed E-state index contributed by atoms with van der Waals surface area (Å²) < 4.78 is 14.2. The molecule has 0 radical (unpaired) electrons. The molecular weight excluding hydrogens is 538 g/mol. The van der Waals surface area contributed by atoms with Gasteiger partial charge in [-0.15, -0.1) is 0 Å². The molecule has 2 aliphatic heterocycles. The Morgan fingerprint density at radius 1 is 0.977 bits per heavy atom. The van der Waals surface area contributed by atoms with Gasteiger partial charge in [-0.05, 0) is 79.8 Å². The number of ether oxygens (including phenoxy) is 2. The molecule has 0 bridgehead atoms. The average molecular weight is 588 g/mol. The summed E-state index contributed by atoms with van der Waals surface area (Å²) >= 11 is 0. The van der Waals surface area contributed by atoms with Crippen LogP contribution >= 0.6 is 0 Å². The maximum Gasteiger partial charge on any atom is 0.335 e. The molecule has 1 aromatic heterocycles. The Balaban J connectivity index is 1.42. The van der Waals surface area contributed by atoms with E-state index >= 15 is 0 Å². The minimum atomic E-state index is -0.868. The summed E-state index contributed by atoms with van der Waals surface area (Å²) in [5.41, 5.74) is 6.61. The van der Waals surface area contributed by atoms with Gasteiger partial charge in [-0.2, -0.15) is 0 Å². The zero-order chi connectivity index (χ0) is 29.9. The molecule has 1 atom stereocenters. The van der Waals surface area contributed by atoms with Gasteiger partial charge in [-0.1, -0.05) is 39.2 Å². The summed E-state index contributed by atoms with van der Waals surface area (Å²) in [6, 6.07) is 12.5. The van der Waals surface area contributed by atoms with Gasteiger partial charge in [0.2, 0.25) is 0 Å². The summed E-state index contributed by atoms with van der Waals surface area (Å²) in [7, 11) is 1.81. The third kappa shape index (κ3) is 6.44. The predicted molar refractivity (Wildman–Crippen MR) is 174 cm³/mol. The number of fused-ring (bicyclic) bond motifs is 5. The van der Waals surface area contributed by atoms with Gasteiger partial charge in [0.25, 0.3) is 0 Å². The number of likely N-dealkylation sites (tertiary alicyclic amines) is 1. The SMILES string of the molecule is COCC1CCCN(CCN2CCn3c(c(C4CCCCC4)c4ccc(C(=O)O)cc43)-c3ccc(OCC(C)C)cc32)C1. The van der Waals surface area contributed by atoms with E-state index in [0.29, 0.717) is 29.9 Å². The van der Waals surface area contributed by atoms with E-state index in [0.717, 1.165) is 57.1 Å². The van der Waals surface area contributed by atoms with Crippen LogP contribution in [0.2, 0.25) is 0 Å². The number of aromatic nitrogens is 1. The van der Waals surface area contributed by atoms with E-state index < -0.39 is 5.97 Å². The van der Waals surface area contributed by atoms with Crippen LogP contribution in [0.4, 0.5) is 5.69 Å². The number of anilines is 1. The van der Waals surface area contributed by atoms with E-state index in [1.54, 1.807) is 6.07 Å². The van der Waals surface area contributed by atoms with Crippen molar-refractivity contribution in [3.05, 3.63) is 47.5 Å². The van der Waals surface area contributed by atoms with Crippen molar-refractivity contribution >= 4 is 22.6 Å². The van der Waals surface area contributed by atoms with E-state index in [9.17, 15) is 9.90 Å². The molecule has 2 aromatic carbocycles. The number of carboxylic acid groups (broad SMARTS) is 1. The van der Waals surface area contributed by atoms with Gasteiger partial charge in [-0.3, -0.25) is 0 Å². The van der Waals surface area contributed by atoms with Crippen LogP contribution in [0.15, 0.2) is 36.4 Å². The number of carboxylic acids is 1. The minimum Gasteiger partial charge on any atom is -0.493 e. The highest BCUT2D eigenvalue weighted by molar-refractivity contribution is 5.99. The molecule has 1 unspecified atom stereocenters. The molecule has 7 nitrogen and oxygen atoms in total.